The summed E-state index contributed by atoms with van der Waals surface area (Å²) < 4.78 is 49.3. The van der Waals surface area contributed by atoms with E-state index in [1.807, 2.05) is 47.3 Å². The van der Waals surface area contributed by atoms with Gasteiger partial charge in [-0.05, 0) is 41.8 Å². The largest absolute Gasteiger partial charge is 0.494 e. The predicted molar refractivity (Wildman–Crippen MR) is 119 cm³/mol. The summed E-state index contributed by atoms with van der Waals surface area (Å²) in [5.74, 6) is -2.07. The van der Waals surface area contributed by atoms with Gasteiger partial charge >= 0.3 is 0 Å². The first-order valence-electron chi connectivity index (χ1n) is 10.5. The Balaban J connectivity index is 1.37. The zero-order valence-corrected chi connectivity index (χ0v) is 17.8. The summed E-state index contributed by atoms with van der Waals surface area (Å²) in [4.78, 5) is 8.71. The molecule has 2 aromatic carbocycles. The second-order valence-electron chi connectivity index (χ2n) is 7.88. The average Bonchev–Trinajstić information content (AvgIpc) is 3.25. The molecular weight excluding hydrogens is 427 g/mol. The quantitative estimate of drug-likeness (QED) is 0.363. The van der Waals surface area contributed by atoms with Crippen LogP contribution in [0.2, 0.25) is 0 Å². The zero-order chi connectivity index (χ0) is 22.9. The van der Waals surface area contributed by atoms with Gasteiger partial charge in [-0.25, -0.2) is 23.1 Å². The number of nitrogens with zero attached hydrogens (tertiary/aromatic N) is 3. The van der Waals surface area contributed by atoms with Crippen LogP contribution in [0.5, 0.6) is 0 Å². The van der Waals surface area contributed by atoms with Gasteiger partial charge in [0.05, 0.1) is 18.4 Å². The van der Waals surface area contributed by atoms with Crippen molar-refractivity contribution < 1.29 is 17.9 Å². The molecule has 4 nitrogen and oxygen atoms in total. The maximum atomic E-state index is 14.6. The molecule has 0 saturated heterocycles. The number of benzene rings is 2. The van der Waals surface area contributed by atoms with Gasteiger partial charge in [0.15, 0.2) is 23.2 Å². The summed E-state index contributed by atoms with van der Waals surface area (Å²) in [5, 5.41) is 0. The van der Waals surface area contributed by atoms with Crippen molar-refractivity contribution in [1.82, 2.24) is 14.5 Å². The average molecular weight is 447 g/mol. The number of imidazole rings is 1. The number of hydrogen-bond acceptors (Lipinski definition) is 3. The lowest BCUT2D eigenvalue weighted by Gasteiger charge is -2.19. The van der Waals surface area contributed by atoms with Crippen LogP contribution in [0.3, 0.4) is 0 Å². The zero-order valence-electron chi connectivity index (χ0n) is 17.8. The van der Waals surface area contributed by atoms with Crippen molar-refractivity contribution in [3.8, 4) is 22.8 Å². The lowest BCUT2D eigenvalue weighted by molar-refractivity contribution is 0.280. The number of ether oxygens (including phenoxy) is 1. The van der Waals surface area contributed by atoms with Crippen molar-refractivity contribution in [2.45, 2.75) is 18.9 Å². The Kier molecular flexibility index (Phi) is 5.46. The number of hydrogen-bond donors (Lipinski definition) is 0. The fraction of sp³-hybridized carbons (Fsp3) is 0.154. The molecule has 2 aromatic rings. The van der Waals surface area contributed by atoms with E-state index in [9.17, 15) is 13.2 Å². The van der Waals surface area contributed by atoms with Gasteiger partial charge in [-0.2, -0.15) is 0 Å². The first kappa shape index (κ1) is 21.0. The molecule has 0 radical (unpaired) electrons. The molecule has 0 saturated carbocycles. The second-order valence-corrected chi connectivity index (χ2v) is 7.88. The highest BCUT2D eigenvalue weighted by Gasteiger charge is 2.23. The van der Waals surface area contributed by atoms with Gasteiger partial charge in [-0.1, -0.05) is 36.4 Å². The van der Waals surface area contributed by atoms with Gasteiger partial charge in [0, 0.05) is 24.9 Å². The minimum Gasteiger partial charge on any atom is -0.494 e. The highest BCUT2D eigenvalue weighted by atomic mass is 19.2. The van der Waals surface area contributed by atoms with Crippen LogP contribution in [-0.4, -0.2) is 21.6 Å². The van der Waals surface area contributed by atoms with Gasteiger partial charge in [-0.3, -0.25) is 0 Å². The Labute approximate surface area is 189 Å². The highest BCUT2D eigenvalue weighted by Crippen LogP contribution is 2.35. The molecule has 1 atom stereocenters. The van der Waals surface area contributed by atoms with Gasteiger partial charge < -0.3 is 9.30 Å². The third-order valence-corrected chi connectivity index (χ3v) is 5.77. The first-order chi connectivity index (χ1) is 16.0. The summed E-state index contributed by atoms with van der Waals surface area (Å²) in [6.07, 6.45) is 7.84. The number of allylic oxidation sites excluding steroid dienone is 3. The van der Waals surface area contributed by atoms with E-state index in [0.717, 1.165) is 17.2 Å². The fourth-order valence-corrected chi connectivity index (χ4v) is 4.03. The van der Waals surface area contributed by atoms with Crippen LogP contribution in [0.25, 0.3) is 22.8 Å². The highest BCUT2D eigenvalue weighted by molar-refractivity contribution is 5.66. The molecule has 1 unspecified atom stereocenters. The van der Waals surface area contributed by atoms with E-state index < -0.39 is 11.6 Å². The molecule has 5 rings (SSSR count). The smallest absolute Gasteiger partial charge is 0.169 e. The number of pyridine rings is 1. The lowest BCUT2D eigenvalue weighted by Crippen LogP contribution is -2.06. The third kappa shape index (κ3) is 4.02. The van der Waals surface area contributed by atoms with Crippen LogP contribution in [0.4, 0.5) is 13.2 Å². The molecule has 0 aromatic heterocycles. The second kappa shape index (κ2) is 8.58. The minimum absolute atomic E-state index is 0.0313. The number of rotatable bonds is 5. The molecule has 1 aliphatic carbocycles. The molecule has 33 heavy (non-hydrogen) atoms. The maximum absolute atomic E-state index is 14.6. The molecule has 166 valence electrons. The molecule has 7 heteroatoms. The summed E-state index contributed by atoms with van der Waals surface area (Å²) in [7, 11) is 1.47. The van der Waals surface area contributed by atoms with Crippen LogP contribution in [0.1, 0.15) is 23.5 Å². The van der Waals surface area contributed by atoms with Gasteiger partial charge in [0.2, 0.25) is 0 Å². The maximum Gasteiger partial charge on any atom is 0.169 e. The van der Waals surface area contributed by atoms with Crippen LogP contribution in [0.15, 0.2) is 84.7 Å². The monoisotopic (exact) mass is 447 g/mol. The summed E-state index contributed by atoms with van der Waals surface area (Å²) in [6.45, 7) is 0.568. The van der Waals surface area contributed by atoms with Crippen LogP contribution in [-0.2, 0) is 11.3 Å². The van der Waals surface area contributed by atoms with Crippen molar-refractivity contribution in [2.24, 2.45) is 0 Å². The Hall–Kier alpha value is -3.87. The number of fused-ring (bicyclic) bond motifs is 1. The third-order valence-electron chi connectivity index (χ3n) is 5.77. The van der Waals surface area contributed by atoms with Crippen molar-refractivity contribution >= 4 is 0 Å². The molecule has 0 bridgehead atoms. The fourth-order valence-electron chi connectivity index (χ4n) is 4.03. The van der Waals surface area contributed by atoms with Gasteiger partial charge in [0.25, 0.3) is 0 Å². The van der Waals surface area contributed by atoms with Crippen molar-refractivity contribution in [1.29, 1.82) is 0 Å². The number of halogens is 3. The Bertz CT molecular complexity index is 1340. The van der Waals surface area contributed by atoms with E-state index in [-0.39, 0.29) is 28.9 Å². The predicted octanol–water partition coefficient (Wildman–Crippen LogP) is 6.25. The molecule has 2 aliphatic heterocycles. The molecule has 3 aliphatic rings. The molecule has 0 N–H and O–H groups in total. The molecule has 0 spiro atoms. The van der Waals surface area contributed by atoms with E-state index in [2.05, 4.69) is 9.97 Å². The van der Waals surface area contributed by atoms with Gasteiger partial charge in [0.1, 0.15) is 11.5 Å². The first-order valence-corrected chi connectivity index (χ1v) is 10.5. The van der Waals surface area contributed by atoms with Crippen LogP contribution < -0.4 is 0 Å². The molecule has 0 fully saturated rings. The molecule has 2 heterocycles. The van der Waals surface area contributed by atoms with E-state index >= 15 is 0 Å². The van der Waals surface area contributed by atoms with E-state index in [1.54, 1.807) is 12.1 Å². The van der Waals surface area contributed by atoms with Crippen LogP contribution in [0, 0.1) is 11.6 Å². The molecular formula is C26H20F3N3O. The van der Waals surface area contributed by atoms with E-state index in [0.29, 0.717) is 24.4 Å². The van der Waals surface area contributed by atoms with Crippen LogP contribution >= 0.6 is 0 Å². The van der Waals surface area contributed by atoms with Gasteiger partial charge in [-0.15, -0.1) is 0 Å². The number of aromatic nitrogens is 3. The summed E-state index contributed by atoms with van der Waals surface area (Å²) in [6, 6.07) is 13.5. The lowest BCUT2D eigenvalue weighted by atomic mass is 9.90. The van der Waals surface area contributed by atoms with E-state index in [1.165, 1.54) is 19.2 Å². The molecule has 0 amide bonds. The summed E-state index contributed by atoms with van der Waals surface area (Å²) >= 11 is 0. The Morgan fingerprint density at radius 3 is 2.58 bits per heavy atom. The Morgan fingerprint density at radius 2 is 1.79 bits per heavy atom. The van der Waals surface area contributed by atoms with Crippen molar-refractivity contribution in [3.05, 3.63) is 107 Å². The topological polar surface area (TPSA) is 39.9 Å². The van der Waals surface area contributed by atoms with Crippen molar-refractivity contribution in [3.63, 3.8) is 0 Å². The normalized spacial score (nSPS) is 15.9. The standard InChI is InChI=1S/C26H20F3N3O/c1-33-23-7-3-4-18(25(23)29)17-10-8-16(9-11-17)14-32-13-12-21-22(15-32)31-26(30-21)19-5-2-6-20(27)24(19)28/h2-3,5-13,15,18H,4,14H2,1H3. The SMILES string of the molecule is COC1=C(F)C(c2ccc(Cn3ccc4nc(-c5cccc(F)c5F)nc-4c3)cc2)CC=C1. The number of methoxy groups -OCH3 is 1. The van der Waals surface area contributed by atoms with E-state index in [4.69, 9.17) is 4.74 Å². The minimum atomic E-state index is -0.960. The van der Waals surface area contributed by atoms with Crippen molar-refractivity contribution in [2.75, 3.05) is 7.11 Å². The Morgan fingerprint density at radius 1 is 1.00 bits per heavy atom. The summed E-state index contributed by atoms with van der Waals surface area (Å²) in [5.41, 5.74) is 3.13.